The van der Waals surface area contributed by atoms with Crippen LogP contribution in [0.25, 0.3) is 0 Å². The topological polar surface area (TPSA) is 63.6 Å². The van der Waals surface area contributed by atoms with Crippen molar-refractivity contribution >= 4 is 16.8 Å². The molecule has 0 fully saturated rings. The molecule has 1 unspecified atom stereocenters. The molecule has 1 aromatic carbocycles. The van der Waals surface area contributed by atoms with Gasteiger partial charge >= 0.3 is 5.97 Å². The molecule has 0 aliphatic rings. The minimum absolute atomic E-state index is 0.366. The lowest BCUT2D eigenvalue weighted by Crippen LogP contribution is -2.10. The average molecular weight is 228 g/mol. The number of carboxylic acid groups (broad SMARTS) is 1. The summed E-state index contributed by atoms with van der Waals surface area (Å²) < 4.78 is 16.2. The highest BCUT2D eigenvalue weighted by Gasteiger charge is 2.05. The van der Waals surface area contributed by atoms with E-state index >= 15 is 0 Å². The Kier molecular flexibility index (Phi) is 3.85. The van der Waals surface area contributed by atoms with Gasteiger partial charge in [0.05, 0.1) is 0 Å². The summed E-state index contributed by atoms with van der Waals surface area (Å²) in [5.41, 5.74) is 0.781. The van der Waals surface area contributed by atoms with Crippen molar-refractivity contribution in [2.24, 2.45) is 0 Å². The van der Waals surface area contributed by atoms with Crippen molar-refractivity contribution in [2.75, 3.05) is 12.9 Å². The fraction of sp³-hybridized carbons (Fsp3) is 0.300. The van der Waals surface area contributed by atoms with Gasteiger partial charge in [0, 0.05) is 22.0 Å². The number of aryl methyl sites for hydroxylation is 1. The van der Waals surface area contributed by atoms with Crippen molar-refractivity contribution in [1.82, 2.24) is 0 Å². The molecule has 1 aromatic rings. The third-order valence-corrected chi connectivity index (χ3v) is 2.75. The molecule has 0 saturated carbocycles. The van der Waals surface area contributed by atoms with Gasteiger partial charge in [0.25, 0.3) is 0 Å². The first kappa shape index (κ1) is 11.7. The highest BCUT2D eigenvalue weighted by molar-refractivity contribution is 7.84. The molecule has 0 heterocycles. The number of carbonyl (C=O) groups is 1. The first-order valence-electron chi connectivity index (χ1n) is 4.29. The van der Waals surface area contributed by atoms with Crippen LogP contribution in [0.1, 0.15) is 5.56 Å². The van der Waals surface area contributed by atoms with Crippen LogP contribution in [0.5, 0.6) is 5.75 Å². The molecule has 1 rings (SSSR count). The van der Waals surface area contributed by atoms with Gasteiger partial charge in [-0.15, -0.1) is 0 Å². The molecule has 0 radical (unpaired) electrons. The summed E-state index contributed by atoms with van der Waals surface area (Å²) in [6.45, 7) is 1.42. The summed E-state index contributed by atoms with van der Waals surface area (Å²) >= 11 is 0. The molecular weight excluding hydrogens is 216 g/mol. The van der Waals surface area contributed by atoms with Gasteiger partial charge in [0.1, 0.15) is 5.75 Å². The van der Waals surface area contributed by atoms with Crippen LogP contribution in [0, 0.1) is 6.92 Å². The summed E-state index contributed by atoms with van der Waals surface area (Å²) in [4.78, 5) is 11.0. The van der Waals surface area contributed by atoms with Crippen LogP contribution in [0.15, 0.2) is 23.1 Å². The van der Waals surface area contributed by atoms with Gasteiger partial charge in [-0.3, -0.25) is 4.21 Å². The van der Waals surface area contributed by atoms with Crippen LogP contribution < -0.4 is 4.74 Å². The van der Waals surface area contributed by atoms with Crippen LogP contribution in [0.3, 0.4) is 0 Å². The fourth-order valence-corrected chi connectivity index (χ4v) is 1.70. The van der Waals surface area contributed by atoms with E-state index in [4.69, 9.17) is 9.84 Å². The standard InChI is InChI=1S/C10H12O4S/c1-7-5-8(15(2)13)3-4-9(7)14-6-10(11)12/h3-5H,6H2,1-2H3,(H,11,12). The third-order valence-electron chi connectivity index (χ3n) is 1.83. The van der Waals surface area contributed by atoms with E-state index in [9.17, 15) is 9.00 Å². The number of ether oxygens (including phenoxy) is 1. The lowest BCUT2D eigenvalue weighted by atomic mass is 10.2. The number of rotatable bonds is 4. The largest absolute Gasteiger partial charge is 0.482 e. The molecule has 0 aliphatic heterocycles. The van der Waals surface area contributed by atoms with E-state index in [-0.39, 0.29) is 6.61 Å². The predicted octanol–water partition coefficient (Wildman–Crippen LogP) is 1.20. The van der Waals surface area contributed by atoms with Crippen molar-refractivity contribution in [3.05, 3.63) is 23.8 Å². The van der Waals surface area contributed by atoms with E-state index in [0.717, 1.165) is 5.56 Å². The average Bonchev–Trinajstić information content (AvgIpc) is 2.15. The van der Waals surface area contributed by atoms with Gasteiger partial charge in [0.2, 0.25) is 0 Å². The van der Waals surface area contributed by atoms with Crippen molar-refractivity contribution in [1.29, 1.82) is 0 Å². The second-order valence-electron chi connectivity index (χ2n) is 3.06. The van der Waals surface area contributed by atoms with Crippen LogP contribution in [-0.2, 0) is 15.6 Å². The lowest BCUT2D eigenvalue weighted by molar-refractivity contribution is -0.139. The maximum absolute atomic E-state index is 11.2. The molecule has 0 spiro atoms. The summed E-state index contributed by atoms with van der Waals surface area (Å²) in [6, 6.07) is 5.03. The molecule has 1 N–H and O–H groups in total. The van der Waals surface area contributed by atoms with E-state index < -0.39 is 16.8 Å². The zero-order chi connectivity index (χ0) is 11.4. The maximum atomic E-state index is 11.2. The van der Waals surface area contributed by atoms with Crippen LogP contribution in [0.2, 0.25) is 0 Å². The Hall–Kier alpha value is -1.36. The monoisotopic (exact) mass is 228 g/mol. The van der Waals surface area contributed by atoms with Gasteiger partial charge in [-0.1, -0.05) is 0 Å². The van der Waals surface area contributed by atoms with Crippen LogP contribution in [0.4, 0.5) is 0 Å². The lowest BCUT2D eigenvalue weighted by Gasteiger charge is -2.07. The summed E-state index contributed by atoms with van der Waals surface area (Å²) in [7, 11) is -1.03. The first-order valence-corrected chi connectivity index (χ1v) is 5.85. The molecular formula is C10H12O4S. The van der Waals surface area contributed by atoms with Gasteiger partial charge in [-0.2, -0.15) is 0 Å². The predicted molar refractivity (Wildman–Crippen MR) is 56.6 cm³/mol. The van der Waals surface area contributed by atoms with Gasteiger partial charge in [-0.25, -0.2) is 4.79 Å². The Morgan fingerprint density at radius 3 is 2.67 bits per heavy atom. The molecule has 0 saturated heterocycles. The van der Waals surface area contributed by atoms with E-state index in [1.165, 1.54) is 0 Å². The SMILES string of the molecule is Cc1cc(S(C)=O)ccc1OCC(=O)O. The van der Waals surface area contributed by atoms with Crippen LogP contribution >= 0.6 is 0 Å². The Labute approximate surface area is 90.3 Å². The van der Waals surface area contributed by atoms with E-state index in [1.807, 2.05) is 0 Å². The van der Waals surface area contributed by atoms with Gasteiger partial charge in [0.15, 0.2) is 6.61 Å². The molecule has 4 nitrogen and oxygen atoms in total. The number of hydrogen-bond acceptors (Lipinski definition) is 3. The second-order valence-corrected chi connectivity index (χ2v) is 4.44. The normalized spacial score (nSPS) is 12.1. The van der Waals surface area contributed by atoms with Crippen molar-refractivity contribution < 1.29 is 18.8 Å². The molecule has 0 bridgehead atoms. The van der Waals surface area contributed by atoms with Crippen LogP contribution in [-0.4, -0.2) is 28.1 Å². The summed E-state index contributed by atoms with van der Waals surface area (Å²) in [6.07, 6.45) is 1.59. The highest BCUT2D eigenvalue weighted by atomic mass is 32.2. The van der Waals surface area contributed by atoms with Crippen molar-refractivity contribution in [2.45, 2.75) is 11.8 Å². The molecule has 5 heteroatoms. The fourth-order valence-electron chi connectivity index (χ4n) is 1.10. The molecule has 82 valence electrons. The molecule has 15 heavy (non-hydrogen) atoms. The second kappa shape index (κ2) is 4.93. The zero-order valence-electron chi connectivity index (χ0n) is 8.52. The van der Waals surface area contributed by atoms with Gasteiger partial charge in [-0.05, 0) is 30.7 Å². The zero-order valence-corrected chi connectivity index (χ0v) is 9.34. The van der Waals surface area contributed by atoms with E-state index in [2.05, 4.69) is 0 Å². The highest BCUT2D eigenvalue weighted by Crippen LogP contribution is 2.20. The Morgan fingerprint density at radius 1 is 1.53 bits per heavy atom. The number of benzene rings is 1. The molecule has 0 aliphatic carbocycles. The van der Waals surface area contributed by atoms with Gasteiger partial charge < -0.3 is 9.84 Å². The number of hydrogen-bond donors (Lipinski definition) is 1. The Balaban J connectivity index is 2.83. The smallest absolute Gasteiger partial charge is 0.341 e. The molecule has 0 aromatic heterocycles. The summed E-state index contributed by atoms with van der Waals surface area (Å²) in [5, 5.41) is 8.43. The maximum Gasteiger partial charge on any atom is 0.341 e. The van der Waals surface area contributed by atoms with E-state index in [0.29, 0.717) is 10.6 Å². The Bertz CT molecular complexity index is 400. The Morgan fingerprint density at radius 2 is 2.20 bits per heavy atom. The van der Waals surface area contributed by atoms with Crippen molar-refractivity contribution in [3.8, 4) is 5.75 Å². The first-order chi connectivity index (χ1) is 7.00. The number of aliphatic carboxylic acids is 1. The molecule has 1 atom stereocenters. The van der Waals surface area contributed by atoms with Crippen molar-refractivity contribution in [3.63, 3.8) is 0 Å². The minimum atomic E-state index is -1.03. The third kappa shape index (κ3) is 3.36. The number of carboxylic acids is 1. The molecule has 0 amide bonds. The van der Waals surface area contributed by atoms with E-state index in [1.54, 1.807) is 31.4 Å². The quantitative estimate of drug-likeness (QED) is 0.841. The minimum Gasteiger partial charge on any atom is -0.482 e. The summed E-state index contributed by atoms with van der Waals surface area (Å²) in [5.74, 6) is -0.510.